The Morgan fingerprint density at radius 1 is 1.21 bits per heavy atom. The van der Waals surface area contributed by atoms with Crippen molar-refractivity contribution in [2.24, 2.45) is 11.7 Å². The minimum atomic E-state index is -0.617. The first kappa shape index (κ1) is 19.2. The Hall–Kier alpha value is -1.13. The van der Waals surface area contributed by atoms with E-state index in [-0.39, 0.29) is 24.1 Å². The first-order valence-corrected chi connectivity index (χ1v) is 8.89. The lowest BCUT2D eigenvalue weighted by atomic mass is 9.80. The molecule has 1 saturated heterocycles. The van der Waals surface area contributed by atoms with Crippen molar-refractivity contribution < 1.29 is 9.18 Å². The van der Waals surface area contributed by atoms with Gasteiger partial charge in [0.15, 0.2) is 0 Å². The summed E-state index contributed by atoms with van der Waals surface area (Å²) in [5.41, 5.74) is 6.81. The fourth-order valence-corrected chi connectivity index (χ4v) is 4.05. The monoisotopic (exact) mass is 354 g/mol. The van der Waals surface area contributed by atoms with Gasteiger partial charge in [-0.05, 0) is 55.7 Å². The summed E-state index contributed by atoms with van der Waals surface area (Å²) in [6.07, 6.45) is 7.85. The lowest BCUT2D eigenvalue weighted by Crippen LogP contribution is -2.57. The van der Waals surface area contributed by atoms with Crippen LogP contribution in [-0.2, 0) is 11.2 Å². The van der Waals surface area contributed by atoms with Crippen LogP contribution in [0, 0.1) is 11.7 Å². The molecule has 1 saturated carbocycles. The second-order valence-corrected chi connectivity index (χ2v) is 7.29. The molecule has 1 aromatic rings. The minimum absolute atomic E-state index is 0. The summed E-state index contributed by atoms with van der Waals surface area (Å²) < 4.78 is 13.3. The van der Waals surface area contributed by atoms with E-state index in [4.69, 9.17) is 5.73 Å². The molecule has 2 N–H and O–H groups in total. The average Bonchev–Trinajstić information content (AvgIpc) is 2.56. The maximum Gasteiger partial charge on any atom is 0.242 e. The second-order valence-electron chi connectivity index (χ2n) is 7.29. The Morgan fingerprint density at radius 2 is 1.88 bits per heavy atom. The Bertz CT molecular complexity index is 552. The number of hydrogen-bond donors (Lipinski definition) is 1. The van der Waals surface area contributed by atoms with Gasteiger partial charge >= 0.3 is 0 Å². The predicted octanol–water partition coefficient (Wildman–Crippen LogP) is 3.69. The summed E-state index contributed by atoms with van der Waals surface area (Å²) in [5.74, 6) is 0.514. The number of amides is 1. The van der Waals surface area contributed by atoms with Crippen LogP contribution in [0.5, 0.6) is 0 Å². The van der Waals surface area contributed by atoms with E-state index in [1.54, 1.807) is 12.1 Å². The first-order chi connectivity index (χ1) is 11.1. The molecule has 1 aromatic carbocycles. The maximum absolute atomic E-state index is 13.3. The van der Waals surface area contributed by atoms with E-state index in [2.05, 4.69) is 0 Å². The molecule has 5 heteroatoms. The van der Waals surface area contributed by atoms with Crippen LogP contribution in [0.3, 0.4) is 0 Å². The Morgan fingerprint density at radius 3 is 2.50 bits per heavy atom. The number of nitrogens with two attached hydrogens (primary N) is 1. The van der Waals surface area contributed by atoms with Crippen LogP contribution in [0.15, 0.2) is 24.3 Å². The van der Waals surface area contributed by atoms with Gasteiger partial charge in [0, 0.05) is 13.1 Å². The quantitative estimate of drug-likeness (QED) is 0.899. The molecule has 0 atom stereocenters. The van der Waals surface area contributed by atoms with Gasteiger partial charge in [0.25, 0.3) is 0 Å². The molecule has 0 bridgehead atoms. The van der Waals surface area contributed by atoms with Gasteiger partial charge in [-0.15, -0.1) is 12.4 Å². The first-order valence-electron chi connectivity index (χ1n) is 8.89. The smallest absolute Gasteiger partial charge is 0.242 e. The third-order valence-corrected chi connectivity index (χ3v) is 5.49. The van der Waals surface area contributed by atoms with Gasteiger partial charge in [0.1, 0.15) is 5.82 Å². The zero-order valence-electron chi connectivity index (χ0n) is 14.2. The SMILES string of the molecule is Cl.NC1(C(=O)N2CCC(Cc3cccc(F)c3)CC2)CCCCC1. The topological polar surface area (TPSA) is 46.3 Å². The number of benzene rings is 1. The Labute approximate surface area is 150 Å². The van der Waals surface area contributed by atoms with Gasteiger partial charge in [-0.25, -0.2) is 4.39 Å². The van der Waals surface area contributed by atoms with Crippen molar-refractivity contribution in [2.45, 2.75) is 56.9 Å². The molecular formula is C19H28ClFN2O. The van der Waals surface area contributed by atoms with E-state index >= 15 is 0 Å². The molecule has 3 nitrogen and oxygen atoms in total. The number of likely N-dealkylation sites (tertiary alicyclic amines) is 1. The van der Waals surface area contributed by atoms with E-state index in [0.717, 1.165) is 63.6 Å². The molecule has 0 spiro atoms. The van der Waals surface area contributed by atoms with E-state index in [9.17, 15) is 9.18 Å². The number of piperidine rings is 1. The van der Waals surface area contributed by atoms with Crippen molar-refractivity contribution in [1.29, 1.82) is 0 Å². The van der Waals surface area contributed by atoms with Gasteiger partial charge in [-0.2, -0.15) is 0 Å². The number of carbonyl (C=O) groups is 1. The van der Waals surface area contributed by atoms with Crippen LogP contribution < -0.4 is 5.73 Å². The lowest BCUT2D eigenvalue weighted by molar-refractivity contribution is -0.139. The van der Waals surface area contributed by atoms with E-state index in [0.29, 0.717) is 5.92 Å². The Balaban J connectivity index is 0.00000208. The highest BCUT2D eigenvalue weighted by atomic mass is 35.5. The molecule has 0 unspecified atom stereocenters. The molecule has 3 rings (SSSR count). The molecule has 1 aliphatic carbocycles. The zero-order chi connectivity index (χ0) is 16.3. The van der Waals surface area contributed by atoms with Crippen molar-refractivity contribution in [3.05, 3.63) is 35.6 Å². The standard InChI is InChI=1S/C19H27FN2O.ClH/c20-17-6-4-5-16(14-17)13-15-7-11-22(12-8-15)18(23)19(21)9-2-1-3-10-19;/h4-6,14-15H,1-3,7-13,21H2;1H. The van der Waals surface area contributed by atoms with Crippen LogP contribution in [0.2, 0.25) is 0 Å². The number of hydrogen-bond acceptors (Lipinski definition) is 2. The van der Waals surface area contributed by atoms with Crippen LogP contribution in [0.25, 0.3) is 0 Å². The largest absolute Gasteiger partial charge is 0.341 e. The highest BCUT2D eigenvalue weighted by molar-refractivity contribution is 5.86. The molecule has 24 heavy (non-hydrogen) atoms. The van der Waals surface area contributed by atoms with Gasteiger partial charge in [-0.1, -0.05) is 31.4 Å². The lowest BCUT2D eigenvalue weighted by Gasteiger charge is -2.40. The molecule has 0 aromatic heterocycles. The van der Waals surface area contributed by atoms with Crippen molar-refractivity contribution in [3.8, 4) is 0 Å². The number of rotatable bonds is 3. The van der Waals surface area contributed by atoms with Crippen LogP contribution >= 0.6 is 12.4 Å². The second kappa shape index (κ2) is 8.30. The molecule has 1 heterocycles. The summed E-state index contributed by atoms with van der Waals surface area (Å²) in [6.45, 7) is 1.58. The molecular weight excluding hydrogens is 327 g/mol. The fourth-order valence-electron chi connectivity index (χ4n) is 4.05. The van der Waals surface area contributed by atoms with Crippen molar-refractivity contribution >= 4 is 18.3 Å². The summed E-state index contributed by atoms with van der Waals surface area (Å²) in [4.78, 5) is 14.7. The number of carbonyl (C=O) groups excluding carboxylic acids is 1. The van der Waals surface area contributed by atoms with Crippen LogP contribution in [-0.4, -0.2) is 29.4 Å². The van der Waals surface area contributed by atoms with Gasteiger partial charge in [0.05, 0.1) is 5.54 Å². The summed E-state index contributed by atoms with van der Waals surface area (Å²) in [6, 6.07) is 6.85. The van der Waals surface area contributed by atoms with Gasteiger partial charge < -0.3 is 10.6 Å². The highest BCUT2D eigenvalue weighted by Gasteiger charge is 2.39. The molecule has 134 valence electrons. The van der Waals surface area contributed by atoms with Gasteiger partial charge in [-0.3, -0.25) is 4.79 Å². The van der Waals surface area contributed by atoms with Crippen LogP contribution in [0.4, 0.5) is 4.39 Å². The Kier molecular flexibility index (Phi) is 6.64. The van der Waals surface area contributed by atoms with E-state index in [1.807, 2.05) is 11.0 Å². The van der Waals surface area contributed by atoms with Crippen LogP contribution in [0.1, 0.15) is 50.5 Å². The fraction of sp³-hybridized carbons (Fsp3) is 0.632. The highest BCUT2D eigenvalue weighted by Crippen LogP contribution is 2.30. The predicted molar refractivity (Wildman–Crippen MR) is 96.7 cm³/mol. The zero-order valence-corrected chi connectivity index (χ0v) is 15.0. The molecule has 2 aliphatic rings. The third-order valence-electron chi connectivity index (χ3n) is 5.49. The maximum atomic E-state index is 13.3. The molecule has 1 amide bonds. The average molecular weight is 355 g/mol. The summed E-state index contributed by atoms with van der Waals surface area (Å²) in [5, 5.41) is 0. The van der Waals surface area contributed by atoms with Crippen molar-refractivity contribution in [3.63, 3.8) is 0 Å². The number of halogens is 2. The molecule has 1 aliphatic heterocycles. The molecule has 0 radical (unpaired) electrons. The third kappa shape index (κ3) is 4.48. The van der Waals surface area contributed by atoms with Crippen molar-refractivity contribution in [2.75, 3.05) is 13.1 Å². The summed E-state index contributed by atoms with van der Waals surface area (Å²) in [7, 11) is 0. The normalized spacial score (nSPS) is 21.2. The minimum Gasteiger partial charge on any atom is -0.341 e. The van der Waals surface area contributed by atoms with Crippen molar-refractivity contribution in [1.82, 2.24) is 4.90 Å². The van der Waals surface area contributed by atoms with Gasteiger partial charge in [0.2, 0.25) is 5.91 Å². The van der Waals surface area contributed by atoms with E-state index in [1.165, 1.54) is 12.5 Å². The van der Waals surface area contributed by atoms with E-state index < -0.39 is 5.54 Å². The number of nitrogens with zero attached hydrogens (tertiary/aromatic N) is 1. The summed E-state index contributed by atoms with van der Waals surface area (Å²) >= 11 is 0. The molecule has 2 fully saturated rings.